The Morgan fingerprint density at radius 2 is 1.41 bits per heavy atom. The minimum Gasteiger partial charge on any atom is -0.497 e. The van der Waals surface area contributed by atoms with Crippen LogP contribution in [0.5, 0.6) is 11.5 Å². The Hall–Kier alpha value is -5.60. The van der Waals surface area contributed by atoms with E-state index >= 15 is 0 Å². The van der Waals surface area contributed by atoms with E-state index in [2.05, 4.69) is 94.7 Å². The number of ether oxygens (including phenoxy) is 4. The van der Waals surface area contributed by atoms with E-state index in [1.54, 1.807) is 51.0 Å². The van der Waals surface area contributed by atoms with Crippen LogP contribution in [0.2, 0.25) is 18.1 Å². The number of methoxy groups -OCH3 is 2. The Morgan fingerprint density at radius 1 is 0.843 bits per heavy atom. The van der Waals surface area contributed by atoms with Gasteiger partial charge in [0.25, 0.3) is 14.4 Å². The largest absolute Gasteiger partial charge is 0.497 e. The number of fused-ring (bicyclic) bond motifs is 1. The molecule has 1 aliphatic heterocycles. The van der Waals surface area contributed by atoms with Crippen LogP contribution < -0.4 is 14.8 Å². The second-order valence-electron chi connectivity index (χ2n) is 19.2. The van der Waals surface area contributed by atoms with Gasteiger partial charge in [0.2, 0.25) is 5.95 Å². The highest BCUT2D eigenvalue weighted by molar-refractivity contribution is 7.44. The molecule has 1 saturated heterocycles. The summed E-state index contributed by atoms with van der Waals surface area (Å²) in [5, 5.41) is 12.3. The molecule has 1 N–H and O–H groups in total. The molecule has 70 heavy (non-hydrogen) atoms. The molecule has 0 saturated carbocycles. The second kappa shape index (κ2) is 22.6. The van der Waals surface area contributed by atoms with Crippen molar-refractivity contribution >= 4 is 39.9 Å². The van der Waals surface area contributed by atoms with Crippen LogP contribution in [0.25, 0.3) is 11.2 Å². The van der Waals surface area contributed by atoms with Gasteiger partial charge in [0.1, 0.15) is 40.9 Å². The first-order chi connectivity index (χ1) is 33.5. The van der Waals surface area contributed by atoms with Crippen LogP contribution >= 0.6 is 8.53 Å². The minimum absolute atomic E-state index is 0.00377. The van der Waals surface area contributed by atoms with Crippen molar-refractivity contribution in [1.29, 1.82) is 5.26 Å². The van der Waals surface area contributed by atoms with E-state index in [4.69, 9.17) is 42.4 Å². The summed E-state index contributed by atoms with van der Waals surface area (Å²) in [6.45, 7) is 19.6. The number of nitrogens with one attached hydrogen (secondary N) is 1. The number of hydrogen-bond donors (Lipinski definition) is 1. The molecule has 2 aromatic heterocycles. The highest BCUT2D eigenvalue weighted by Crippen LogP contribution is 2.53. The molecule has 1 fully saturated rings. The number of aromatic nitrogens is 4. The lowest BCUT2D eigenvalue weighted by Gasteiger charge is -2.42. The molecule has 1 amide bonds. The fourth-order valence-electron chi connectivity index (χ4n) is 8.35. The third-order valence-corrected chi connectivity index (χ3v) is 19.5. The van der Waals surface area contributed by atoms with Gasteiger partial charge in [0, 0.05) is 17.6 Å². The molecule has 7 rings (SSSR count). The predicted molar refractivity (Wildman–Crippen MR) is 274 cm³/mol. The molecule has 3 heterocycles. The second-order valence-corrected chi connectivity index (χ2v) is 25.4. The fraction of sp³-hybridized carbons (Fsp3) is 0.415. The Kier molecular flexibility index (Phi) is 16.9. The molecule has 15 nitrogen and oxygen atoms in total. The van der Waals surface area contributed by atoms with Crippen LogP contribution in [0.4, 0.5) is 5.95 Å². The molecule has 0 radical (unpaired) electrons. The van der Waals surface area contributed by atoms with Crippen LogP contribution in [-0.2, 0) is 28.5 Å². The standard InChI is InChI=1S/C53H66N7O8PSi/c1-36(2)60(37(3)4)69(65-32-18-31-54)67-46-45(34-64-53(39-21-16-13-17-22-39,40-23-27-42(62-8)28-24-40)41-25-29-43(63-9)30-26-41)66-50(47(46)68-70(10,11)52(5,6)7)59-35-56-44-33-55-51(57-48(44)59)58-49(61)38-19-14-12-15-20-38/h12-17,19-30,33,35-37,45-47,50H,18,32,34H2,1-11H3,(H,55,57,58,61)/t45-,46-,47-,50-,69?/m1/s1. The summed E-state index contributed by atoms with van der Waals surface area (Å²) < 4.78 is 51.8. The number of nitrogens with zero attached hydrogens (tertiary/aromatic N) is 6. The van der Waals surface area contributed by atoms with Gasteiger partial charge in [-0.1, -0.05) is 93.6 Å². The number of amides is 1. The first kappa shape index (κ1) is 52.2. The van der Waals surface area contributed by atoms with Crippen LogP contribution in [-0.4, -0.2) is 96.2 Å². The Morgan fingerprint density at radius 3 is 1.96 bits per heavy atom. The van der Waals surface area contributed by atoms with Gasteiger partial charge < -0.3 is 32.4 Å². The Balaban J connectivity index is 1.41. The summed E-state index contributed by atoms with van der Waals surface area (Å²) >= 11 is 0. The number of imidazole rings is 1. The van der Waals surface area contributed by atoms with Crippen LogP contribution in [0.3, 0.4) is 0 Å². The zero-order chi connectivity index (χ0) is 50.2. The number of anilines is 1. The molecular formula is C53H66N7O8PSi. The van der Waals surface area contributed by atoms with E-state index in [-0.39, 0.29) is 48.6 Å². The summed E-state index contributed by atoms with van der Waals surface area (Å²) in [5.74, 6) is 1.14. The molecule has 0 aliphatic carbocycles. The predicted octanol–water partition coefficient (Wildman–Crippen LogP) is 11.1. The van der Waals surface area contributed by atoms with Gasteiger partial charge in [-0.2, -0.15) is 10.2 Å². The fourth-order valence-corrected chi connectivity index (χ4v) is 11.4. The third kappa shape index (κ3) is 11.4. The number of benzene rings is 4. The Bertz CT molecular complexity index is 2620. The lowest BCUT2D eigenvalue weighted by Crippen LogP contribution is -2.50. The van der Waals surface area contributed by atoms with Gasteiger partial charge in [0.15, 0.2) is 20.2 Å². The maximum Gasteiger partial charge on any atom is 0.259 e. The van der Waals surface area contributed by atoms with E-state index in [1.165, 1.54) is 0 Å². The van der Waals surface area contributed by atoms with Crippen molar-refractivity contribution in [2.45, 2.75) is 115 Å². The molecule has 370 valence electrons. The number of carbonyl (C=O) groups excluding carboxylic acids is 1. The molecule has 5 atom stereocenters. The molecule has 0 bridgehead atoms. The summed E-state index contributed by atoms with van der Waals surface area (Å²) in [7, 11) is -1.19. The zero-order valence-corrected chi connectivity index (χ0v) is 43.9. The summed E-state index contributed by atoms with van der Waals surface area (Å²) in [6, 6.07) is 37.0. The van der Waals surface area contributed by atoms with Crippen molar-refractivity contribution in [3.05, 3.63) is 144 Å². The first-order valence-corrected chi connectivity index (χ1v) is 27.7. The first-order valence-electron chi connectivity index (χ1n) is 23.6. The molecule has 1 unspecified atom stereocenters. The lowest BCUT2D eigenvalue weighted by atomic mass is 9.80. The lowest BCUT2D eigenvalue weighted by molar-refractivity contribution is -0.0926. The highest BCUT2D eigenvalue weighted by atomic mass is 31.2. The maximum absolute atomic E-state index is 13.4. The van der Waals surface area contributed by atoms with Crippen LogP contribution in [0.15, 0.2) is 122 Å². The monoisotopic (exact) mass is 987 g/mol. The van der Waals surface area contributed by atoms with Crippen molar-refractivity contribution in [3.8, 4) is 17.6 Å². The van der Waals surface area contributed by atoms with Gasteiger partial charge in [-0.3, -0.25) is 14.7 Å². The van der Waals surface area contributed by atoms with Gasteiger partial charge in [-0.05, 0) is 98.9 Å². The number of nitriles is 1. The number of hydrogen-bond acceptors (Lipinski definition) is 13. The van der Waals surface area contributed by atoms with E-state index < -0.39 is 47.0 Å². The van der Waals surface area contributed by atoms with Gasteiger partial charge in [-0.15, -0.1) is 0 Å². The highest BCUT2D eigenvalue weighted by Gasteiger charge is 2.54. The summed E-state index contributed by atoms with van der Waals surface area (Å²) in [6.07, 6.45) is 0.156. The van der Waals surface area contributed by atoms with Crippen molar-refractivity contribution < 1.29 is 37.2 Å². The molecular weight excluding hydrogens is 922 g/mol. The van der Waals surface area contributed by atoms with E-state index in [0.717, 1.165) is 16.7 Å². The SMILES string of the molecule is COc1ccc(C(OC[C@H]2O[C@@H](n3cnc4cnc(NC(=O)c5ccccc5)nc43)[C@H](O[Si](C)(C)C(C)(C)C)[C@@H]2OP(OCCC#N)N(C(C)C)C(C)C)(c2ccccc2)c2ccc(OC)cc2)cc1. The molecule has 4 aromatic carbocycles. The van der Waals surface area contributed by atoms with Crippen molar-refractivity contribution in [2.24, 2.45) is 0 Å². The third-order valence-electron chi connectivity index (χ3n) is 12.9. The summed E-state index contributed by atoms with van der Waals surface area (Å²) in [4.78, 5) is 27.4. The maximum atomic E-state index is 13.4. The van der Waals surface area contributed by atoms with Crippen molar-refractivity contribution in [2.75, 3.05) is 32.8 Å². The topological polar surface area (TPSA) is 164 Å². The van der Waals surface area contributed by atoms with Gasteiger partial charge in [0.05, 0.1) is 52.4 Å². The average molecular weight is 988 g/mol. The smallest absolute Gasteiger partial charge is 0.259 e. The number of carbonyl (C=O) groups is 1. The van der Waals surface area contributed by atoms with Crippen molar-refractivity contribution in [1.82, 2.24) is 24.2 Å². The number of rotatable bonds is 21. The van der Waals surface area contributed by atoms with Crippen LogP contribution in [0.1, 0.15) is 88.2 Å². The van der Waals surface area contributed by atoms with Crippen molar-refractivity contribution in [3.63, 3.8) is 0 Å². The minimum atomic E-state index is -2.66. The molecule has 17 heteroatoms. The zero-order valence-electron chi connectivity index (χ0n) is 42.0. The van der Waals surface area contributed by atoms with E-state index in [1.807, 2.05) is 77.4 Å². The average Bonchev–Trinajstić information content (AvgIpc) is 3.91. The Labute approximate surface area is 414 Å². The quantitative estimate of drug-likeness (QED) is 0.0314. The van der Waals surface area contributed by atoms with Crippen LogP contribution in [0, 0.1) is 11.3 Å². The molecule has 1 aliphatic rings. The van der Waals surface area contributed by atoms with E-state index in [9.17, 15) is 10.1 Å². The van der Waals surface area contributed by atoms with Gasteiger partial charge >= 0.3 is 0 Å². The summed E-state index contributed by atoms with van der Waals surface area (Å²) in [5.41, 5.74) is 2.74. The normalized spacial score (nSPS) is 18.1. The molecule has 6 aromatic rings. The van der Waals surface area contributed by atoms with E-state index in [0.29, 0.717) is 28.2 Å². The van der Waals surface area contributed by atoms with Gasteiger partial charge in [-0.25, -0.2) is 14.6 Å². The molecule has 0 spiro atoms.